The van der Waals surface area contributed by atoms with Crippen molar-refractivity contribution in [3.05, 3.63) is 81.4 Å². The second-order valence-corrected chi connectivity index (χ2v) is 10.1. The first-order valence-corrected chi connectivity index (χ1v) is 13.1. The van der Waals surface area contributed by atoms with Gasteiger partial charge in [0.2, 0.25) is 5.91 Å². The number of halogens is 1. The summed E-state index contributed by atoms with van der Waals surface area (Å²) in [6.07, 6.45) is 1.44. The minimum absolute atomic E-state index is 0.133. The van der Waals surface area contributed by atoms with Crippen molar-refractivity contribution in [3.8, 4) is 11.3 Å². The summed E-state index contributed by atoms with van der Waals surface area (Å²) in [7, 11) is 0. The second-order valence-electron chi connectivity index (χ2n) is 8.71. The van der Waals surface area contributed by atoms with Gasteiger partial charge in [0.15, 0.2) is 0 Å². The zero-order valence-corrected chi connectivity index (χ0v) is 22.5. The van der Waals surface area contributed by atoms with Gasteiger partial charge < -0.3 is 14.5 Å². The number of nitrogens with one attached hydrogen (secondary N) is 1. The molecule has 3 aromatic rings. The van der Waals surface area contributed by atoms with E-state index in [9.17, 15) is 19.2 Å². The molecule has 1 fully saturated rings. The number of rotatable bonds is 8. The molecule has 1 aromatic heterocycles. The Morgan fingerprint density at radius 3 is 2.53 bits per heavy atom. The van der Waals surface area contributed by atoms with Gasteiger partial charge in [-0.05, 0) is 72.6 Å². The lowest BCUT2D eigenvalue weighted by molar-refractivity contribution is -0.127. The van der Waals surface area contributed by atoms with Crippen LogP contribution in [0.15, 0.2) is 63.9 Å². The van der Waals surface area contributed by atoms with Gasteiger partial charge in [-0.25, -0.2) is 4.79 Å². The molecule has 196 valence electrons. The number of carbonyl (C=O) groups excluding carboxylic acids is 4. The molecule has 1 N–H and O–H groups in total. The fraction of sp³-hybridized carbons (Fsp3) is 0.214. The number of furan rings is 1. The van der Waals surface area contributed by atoms with Crippen LogP contribution in [0, 0.1) is 0 Å². The minimum atomic E-state index is -0.584. The SMILES string of the molecule is CCOC(=O)c1cc(-c2ccc(/C=C3/SC(=O)N(CC(=O)Nc4ccc(C(C)C)cc4)C3=O)o2)ccc1Cl. The van der Waals surface area contributed by atoms with E-state index < -0.39 is 29.6 Å². The highest BCUT2D eigenvalue weighted by molar-refractivity contribution is 8.18. The monoisotopic (exact) mass is 552 g/mol. The molecular formula is C28H25ClN2O6S. The van der Waals surface area contributed by atoms with E-state index >= 15 is 0 Å². The molecule has 1 saturated heterocycles. The highest BCUT2D eigenvalue weighted by Gasteiger charge is 2.36. The van der Waals surface area contributed by atoms with E-state index in [1.165, 1.54) is 6.08 Å². The topological polar surface area (TPSA) is 106 Å². The fourth-order valence-electron chi connectivity index (χ4n) is 3.69. The highest BCUT2D eigenvalue weighted by atomic mass is 35.5. The zero-order valence-electron chi connectivity index (χ0n) is 20.9. The lowest BCUT2D eigenvalue weighted by Crippen LogP contribution is -2.36. The molecule has 4 rings (SSSR count). The maximum atomic E-state index is 12.9. The quantitative estimate of drug-likeness (QED) is 0.248. The molecular weight excluding hydrogens is 528 g/mol. The van der Waals surface area contributed by atoms with Crippen molar-refractivity contribution >= 4 is 58.1 Å². The predicted molar refractivity (Wildman–Crippen MR) is 147 cm³/mol. The summed E-state index contributed by atoms with van der Waals surface area (Å²) in [4.78, 5) is 51.0. The van der Waals surface area contributed by atoms with E-state index in [0.717, 1.165) is 22.2 Å². The molecule has 2 heterocycles. The Hall–Kier alpha value is -3.82. The van der Waals surface area contributed by atoms with Crippen molar-refractivity contribution in [2.45, 2.75) is 26.7 Å². The van der Waals surface area contributed by atoms with Crippen LogP contribution >= 0.6 is 23.4 Å². The minimum Gasteiger partial charge on any atom is -0.462 e. The number of benzene rings is 2. The van der Waals surface area contributed by atoms with E-state index in [1.54, 1.807) is 49.4 Å². The van der Waals surface area contributed by atoms with Crippen molar-refractivity contribution < 1.29 is 28.3 Å². The van der Waals surface area contributed by atoms with Crippen molar-refractivity contribution in [3.63, 3.8) is 0 Å². The van der Waals surface area contributed by atoms with Gasteiger partial charge in [-0.1, -0.05) is 37.6 Å². The third-order valence-corrected chi connectivity index (χ3v) is 6.92. The van der Waals surface area contributed by atoms with Gasteiger partial charge >= 0.3 is 5.97 Å². The molecule has 3 amide bonds. The average molecular weight is 553 g/mol. The van der Waals surface area contributed by atoms with Gasteiger partial charge in [0.05, 0.1) is 22.1 Å². The number of anilines is 1. The van der Waals surface area contributed by atoms with E-state index in [4.69, 9.17) is 20.8 Å². The first kappa shape index (κ1) is 27.2. The molecule has 0 radical (unpaired) electrons. The molecule has 0 saturated carbocycles. The van der Waals surface area contributed by atoms with Gasteiger partial charge in [-0.3, -0.25) is 19.3 Å². The highest BCUT2D eigenvalue weighted by Crippen LogP contribution is 2.34. The molecule has 1 aliphatic heterocycles. The van der Waals surface area contributed by atoms with Gasteiger partial charge in [0, 0.05) is 17.3 Å². The average Bonchev–Trinajstić information content (AvgIpc) is 3.45. The number of ether oxygens (including phenoxy) is 1. The van der Waals surface area contributed by atoms with Crippen molar-refractivity contribution in [2.24, 2.45) is 0 Å². The first-order valence-electron chi connectivity index (χ1n) is 11.9. The predicted octanol–water partition coefficient (Wildman–Crippen LogP) is 6.58. The maximum absolute atomic E-state index is 12.9. The number of amides is 3. The van der Waals surface area contributed by atoms with Crippen LogP contribution in [0.1, 0.15) is 48.4 Å². The van der Waals surface area contributed by atoms with E-state index in [2.05, 4.69) is 19.2 Å². The van der Waals surface area contributed by atoms with Gasteiger partial charge in [0.1, 0.15) is 18.1 Å². The van der Waals surface area contributed by atoms with Crippen LogP contribution < -0.4 is 5.32 Å². The first-order chi connectivity index (χ1) is 18.2. The molecule has 0 spiro atoms. The standard InChI is InChI=1S/C28H25ClN2O6S/c1-4-36-27(34)21-13-18(7-11-22(21)29)23-12-10-20(37-23)14-24-26(33)31(28(35)38-24)15-25(32)30-19-8-5-17(6-9-19)16(2)3/h5-14,16H,4,15H2,1-3H3,(H,30,32)/b24-14+. The number of carbonyl (C=O) groups is 4. The maximum Gasteiger partial charge on any atom is 0.339 e. The molecule has 10 heteroatoms. The summed E-state index contributed by atoms with van der Waals surface area (Å²) in [5.74, 6) is -0.490. The van der Waals surface area contributed by atoms with Crippen LogP contribution in [-0.2, 0) is 14.3 Å². The summed E-state index contributed by atoms with van der Waals surface area (Å²) in [6, 6.07) is 15.5. The lowest BCUT2D eigenvalue weighted by atomic mass is 10.0. The zero-order chi connectivity index (χ0) is 27.4. The molecule has 38 heavy (non-hydrogen) atoms. The van der Waals surface area contributed by atoms with Crippen molar-refractivity contribution in [2.75, 3.05) is 18.5 Å². The summed E-state index contributed by atoms with van der Waals surface area (Å²) >= 11 is 6.86. The van der Waals surface area contributed by atoms with Gasteiger partial charge in [-0.2, -0.15) is 0 Å². The molecule has 0 aliphatic carbocycles. The fourth-order valence-corrected chi connectivity index (χ4v) is 4.70. The third-order valence-electron chi connectivity index (χ3n) is 5.68. The normalized spacial score (nSPS) is 14.4. The Labute approximate surface area is 229 Å². The van der Waals surface area contributed by atoms with Gasteiger partial charge in [0.25, 0.3) is 11.1 Å². The van der Waals surface area contributed by atoms with E-state index in [1.807, 2.05) is 12.1 Å². The van der Waals surface area contributed by atoms with Crippen LogP contribution in [0.3, 0.4) is 0 Å². The number of hydrogen-bond acceptors (Lipinski definition) is 7. The number of thioether (sulfide) groups is 1. The Morgan fingerprint density at radius 2 is 1.84 bits per heavy atom. The van der Waals surface area contributed by atoms with Crippen molar-refractivity contribution in [1.82, 2.24) is 4.90 Å². The van der Waals surface area contributed by atoms with Gasteiger partial charge in [-0.15, -0.1) is 0 Å². The van der Waals surface area contributed by atoms with E-state index in [-0.39, 0.29) is 22.1 Å². The largest absolute Gasteiger partial charge is 0.462 e. The Kier molecular flexibility index (Phi) is 8.38. The Morgan fingerprint density at radius 1 is 1.11 bits per heavy atom. The number of hydrogen-bond donors (Lipinski definition) is 1. The Bertz CT molecular complexity index is 1430. The molecule has 0 unspecified atom stereocenters. The smallest absolute Gasteiger partial charge is 0.339 e. The number of esters is 1. The summed E-state index contributed by atoms with van der Waals surface area (Å²) in [5.41, 5.74) is 2.51. The molecule has 2 aromatic carbocycles. The van der Waals surface area contributed by atoms with Crippen LogP contribution in [0.2, 0.25) is 5.02 Å². The van der Waals surface area contributed by atoms with Crippen LogP contribution in [0.4, 0.5) is 10.5 Å². The van der Waals surface area contributed by atoms with Crippen molar-refractivity contribution in [1.29, 1.82) is 0 Å². The third kappa shape index (κ3) is 6.17. The van der Waals surface area contributed by atoms with Crippen LogP contribution in [0.5, 0.6) is 0 Å². The molecule has 0 atom stereocenters. The van der Waals surface area contributed by atoms with E-state index in [0.29, 0.717) is 28.7 Å². The van der Waals surface area contributed by atoms with Crippen LogP contribution in [-0.4, -0.2) is 41.1 Å². The summed E-state index contributed by atoms with van der Waals surface area (Å²) in [6.45, 7) is 5.66. The second kappa shape index (κ2) is 11.7. The molecule has 1 aliphatic rings. The molecule has 8 nitrogen and oxygen atoms in total. The summed E-state index contributed by atoms with van der Waals surface area (Å²) in [5, 5.41) is 2.42. The number of imide groups is 1. The summed E-state index contributed by atoms with van der Waals surface area (Å²) < 4.78 is 10.9. The Balaban J connectivity index is 1.44. The lowest BCUT2D eigenvalue weighted by Gasteiger charge is -2.13. The molecule has 0 bridgehead atoms. The number of nitrogens with zero attached hydrogens (tertiary/aromatic N) is 1. The van der Waals surface area contributed by atoms with Crippen LogP contribution in [0.25, 0.3) is 17.4 Å².